The van der Waals surface area contributed by atoms with E-state index < -0.39 is 5.82 Å². The van der Waals surface area contributed by atoms with Crippen LogP contribution in [-0.4, -0.2) is 9.13 Å². The standard InChI is InChI=1S/C54H53FN4/c1-51(2,3)34-14-19-39-40-20-15-35(52(4,5)6)26-46(40)58(45(39)25-34)49-24-33(31-57)43(38-18-13-32(30-56)23-44(38)55)29-50(49)59-47-27-36(53(7,8)9)16-21-41(47)42-22-17-37(28-48(42)59)54(10,11)12/h13-29H,1-12H3. The van der Waals surface area contributed by atoms with Gasteiger partial charge in [-0.2, -0.15) is 10.5 Å². The number of nitrogens with zero attached hydrogens (tertiary/aromatic N) is 4. The SMILES string of the molecule is CC(C)(C)c1ccc2c3ccc(C(C)(C)C)cc3n(-c3cc(C#N)c(-c4ccc(C#N)cc4F)cc3-n3c4cc(C(C)(C)C)ccc4c4ccc(C(C)(C)C)cc43)c2c1. The summed E-state index contributed by atoms with van der Waals surface area (Å²) in [5.41, 5.74) is 11.4. The van der Waals surface area contributed by atoms with E-state index in [9.17, 15) is 10.5 Å². The lowest BCUT2D eigenvalue weighted by Crippen LogP contribution is -2.13. The van der Waals surface area contributed by atoms with Gasteiger partial charge in [0, 0.05) is 32.7 Å². The molecule has 8 aromatic rings. The van der Waals surface area contributed by atoms with Gasteiger partial charge in [-0.25, -0.2) is 4.39 Å². The summed E-state index contributed by atoms with van der Waals surface area (Å²) in [4.78, 5) is 0. The zero-order valence-electron chi connectivity index (χ0n) is 36.5. The predicted octanol–water partition coefficient (Wildman–Crippen LogP) is 14.6. The van der Waals surface area contributed by atoms with Crippen LogP contribution in [0.1, 0.15) is 116 Å². The first-order chi connectivity index (χ1) is 27.6. The Kier molecular flexibility index (Phi) is 9.03. The number of benzene rings is 6. The van der Waals surface area contributed by atoms with Gasteiger partial charge >= 0.3 is 0 Å². The van der Waals surface area contributed by atoms with Crippen LogP contribution in [0, 0.1) is 28.5 Å². The summed E-state index contributed by atoms with van der Waals surface area (Å²) in [6.45, 7) is 26.8. The van der Waals surface area contributed by atoms with Gasteiger partial charge < -0.3 is 9.13 Å². The second-order valence-electron chi connectivity index (χ2n) is 20.4. The zero-order valence-corrected chi connectivity index (χ0v) is 36.5. The summed E-state index contributed by atoms with van der Waals surface area (Å²) >= 11 is 0. The van der Waals surface area contributed by atoms with E-state index >= 15 is 4.39 Å². The number of fused-ring (bicyclic) bond motifs is 6. The maximum absolute atomic E-state index is 16.2. The molecule has 0 spiro atoms. The molecule has 5 heteroatoms. The molecule has 2 aromatic heterocycles. The highest BCUT2D eigenvalue weighted by Crippen LogP contribution is 2.44. The van der Waals surface area contributed by atoms with Gasteiger partial charge in [-0.15, -0.1) is 0 Å². The molecule has 296 valence electrons. The van der Waals surface area contributed by atoms with Crippen molar-refractivity contribution in [2.45, 2.75) is 105 Å². The normalized spacial score (nSPS) is 12.8. The van der Waals surface area contributed by atoms with Crippen LogP contribution < -0.4 is 0 Å². The highest BCUT2D eigenvalue weighted by molar-refractivity contribution is 6.12. The quantitative estimate of drug-likeness (QED) is 0.179. The molecule has 0 aliphatic rings. The summed E-state index contributed by atoms with van der Waals surface area (Å²) in [6, 6.07) is 40.1. The lowest BCUT2D eigenvalue weighted by Gasteiger charge is -2.23. The number of rotatable bonds is 3. The average Bonchev–Trinajstić information content (AvgIpc) is 3.67. The first kappa shape index (κ1) is 39.6. The minimum atomic E-state index is -0.548. The average molecular weight is 777 g/mol. The minimum Gasteiger partial charge on any atom is -0.307 e. The van der Waals surface area contributed by atoms with Crippen molar-refractivity contribution in [1.29, 1.82) is 10.5 Å². The van der Waals surface area contributed by atoms with Crippen molar-refractivity contribution in [3.63, 3.8) is 0 Å². The van der Waals surface area contributed by atoms with Crippen molar-refractivity contribution in [3.8, 4) is 34.6 Å². The fraction of sp³-hybridized carbons (Fsp3) is 0.296. The number of nitriles is 2. The largest absolute Gasteiger partial charge is 0.307 e. The third kappa shape index (κ3) is 6.68. The summed E-state index contributed by atoms with van der Waals surface area (Å²) in [5, 5.41) is 25.1. The van der Waals surface area contributed by atoms with Gasteiger partial charge in [-0.05, 0) is 92.4 Å². The fourth-order valence-electron chi connectivity index (χ4n) is 8.48. The molecule has 0 bridgehead atoms. The summed E-state index contributed by atoms with van der Waals surface area (Å²) < 4.78 is 20.9. The monoisotopic (exact) mass is 776 g/mol. The number of hydrogen-bond acceptors (Lipinski definition) is 2. The van der Waals surface area contributed by atoms with Crippen LogP contribution in [-0.2, 0) is 21.7 Å². The van der Waals surface area contributed by atoms with Gasteiger partial charge in [0.05, 0.1) is 56.7 Å². The van der Waals surface area contributed by atoms with Crippen LogP contribution in [0.5, 0.6) is 0 Å². The molecule has 0 radical (unpaired) electrons. The third-order valence-corrected chi connectivity index (χ3v) is 12.1. The molecule has 0 aliphatic heterocycles. The second kappa shape index (κ2) is 13.4. The molecule has 0 atom stereocenters. The Hall–Kier alpha value is -6.17. The second-order valence-corrected chi connectivity index (χ2v) is 20.4. The predicted molar refractivity (Wildman–Crippen MR) is 245 cm³/mol. The van der Waals surface area contributed by atoms with Crippen molar-refractivity contribution < 1.29 is 4.39 Å². The van der Waals surface area contributed by atoms with E-state index in [0.717, 1.165) is 55.0 Å². The van der Waals surface area contributed by atoms with E-state index in [1.54, 1.807) is 12.1 Å². The van der Waals surface area contributed by atoms with E-state index in [1.807, 2.05) is 12.1 Å². The maximum atomic E-state index is 16.2. The number of halogens is 1. The van der Waals surface area contributed by atoms with E-state index in [4.69, 9.17) is 0 Å². The molecule has 0 unspecified atom stereocenters. The minimum absolute atomic E-state index is 0.122. The topological polar surface area (TPSA) is 57.4 Å². The zero-order chi connectivity index (χ0) is 42.6. The Bertz CT molecular complexity index is 2970. The van der Waals surface area contributed by atoms with Crippen molar-refractivity contribution in [2.24, 2.45) is 0 Å². The highest BCUT2D eigenvalue weighted by Gasteiger charge is 2.27. The van der Waals surface area contributed by atoms with E-state index in [1.165, 1.54) is 28.3 Å². The van der Waals surface area contributed by atoms with Crippen molar-refractivity contribution in [1.82, 2.24) is 9.13 Å². The number of hydrogen-bond donors (Lipinski definition) is 0. The maximum Gasteiger partial charge on any atom is 0.132 e. The smallest absolute Gasteiger partial charge is 0.132 e. The molecule has 0 aliphatic carbocycles. The first-order valence-corrected chi connectivity index (χ1v) is 20.6. The Labute approximate surface area is 348 Å². The molecule has 4 nitrogen and oxygen atoms in total. The molecule has 0 saturated carbocycles. The molecular weight excluding hydrogens is 724 g/mol. The Morgan fingerprint density at radius 2 is 0.763 bits per heavy atom. The Balaban J connectivity index is 1.64. The van der Waals surface area contributed by atoms with Gasteiger partial charge in [0.2, 0.25) is 0 Å². The Morgan fingerprint density at radius 1 is 0.407 bits per heavy atom. The molecule has 6 aromatic carbocycles. The fourth-order valence-corrected chi connectivity index (χ4v) is 8.48. The lowest BCUT2D eigenvalue weighted by atomic mass is 9.86. The van der Waals surface area contributed by atoms with Crippen LogP contribution in [0.3, 0.4) is 0 Å². The molecule has 0 N–H and O–H groups in total. The van der Waals surface area contributed by atoms with Gasteiger partial charge in [-0.1, -0.05) is 138 Å². The van der Waals surface area contributed by atoms with Crippen LogP contribution in [0.4, 0.5) is 4.39 Å². The molecular formula is C54H53FN4. The van der Waals surface area contributed by atoms with E-state index in [-0.39, 0.29) is 32.8 Å². The van der Waals surface area contributed by atoms with Crippen LogP contribution in [0.15, 0.2) is 103 Å². The summed E-state index contributed by atoms with van der Waals surface area (Å²) in [5.74, 6) is -0.548. The van der Waals surface area contributed by atoms with E-state index in [0.29, 0.717) is 11.1 Å². The Morgan fingerprint density at radius 3 is 1.07 bits per heavy atom. The molecule has 0 saturated heterocycles. The highest BCUT2D eigenvalue weighted by atomic mass is 19.1. The van der Waals surface area contributed by atoms with Gasteiger partial charge in [-0.3, -0.25) is 0 Å². The van der Waals surface area contributed by atoms with Gasteiger partial charge in [0.15, 0.2) is 0 Å². The summed E-state index contributed by atoms with van der Waals surface area (Å²) in [6.07, 6.45) is 0. The van der Waals surface area contributed by atoms with Crippen LogP contribution >= 0.6 is 0 Å². The van der Waals surface area contributed by atoms with Crippen molar-refractivity contribution in [3.05, 3.63) is 142 Å². The van der Waals surface area contributed by atoms with Crippen LogP contribution in [0.2, 0.25) is 0 Å². The number of aromatic nitrogens is 2. The van der Waals surface area contributed by atoms with Crippen LogP contribution in [0.25, 0.3) is 66.1 Å². The molecule has 0 fully saturated rings. The molecule has 59 heavy (non-hydrogen) atoms. The van der Waals surface area contributed by atoms with Gasteiger partial charge in [0.25, 0.3) is 0 Å². The molecule has 2 heterocycles. The third-order valence-electron chi connectivity index (χ3n) is 12.1. The summed E-state index contributed by atoms with van der Waals surface area (Å²) in [7, 11) is 0. The first-order valence-electron chi connectivity index (χ1n) is 20.6. The van der Waals surface area contributed by atoms with E-state index in [2.05, 4.69) is 177 Å². The van der Waals surface area contributed by atoms with Gasteiger partial charge in [0.1, 0.15) is 5.82 Å². The molecule has 8 rings (SSSR count). The lowest BCUT2D eigenvalue weighted by molar-refractivity contribution is 0.590. The van der Waals surface area contributed by atoms with Crippen molar-refractivity contribution >= 4 is 43.6 Å². The molecule has 0 amide bonds. The van der Waals surface area contributed by atoms with Crippen molar-refractivity contribution in [2.75, 3.05) is 0 Å².